The van der Waals surface area contributed by atoms with Gasteiger partial charge in [0, 0.05) is 31.7 Å². The summed E-state index contributed by atoms with van der Waals surface area (Å²) in [5, 5.41) is 0. The highest BCUT2D eigenvalue weighted by atomic mass is 16.5. The number of hydrogen-bond donors (Lipinski definition) is 1. The minimum atomic E-state index is 0.136. The van der Waals surface area contributed by atoms with Gasteiger partial charge in [0.1, 0.15) is 5.75 Å². The number of rotatable bonds is 8. The number of likely N-dealkylation sites (tertiary alicyclic amines) is 1. The third-order valence-corrected chi connectivity index (χ3v) is 7.18. The number of aryl methyl sites for hydroxylation is 1. The molecule has 162 valence electrons. The molecule has 2 fully saturated rings. The molecule has 0 radical (unpaired) electrons. The monoisotopic (exact) mass is 401 g/mol. The molecule has 0 spiro atoms. The maximum absolute atomic E-state index is 6.44. The summed E-state index contributed by atoms with van der Waals surface area (Å²) in [5.41, 5.74) is 9.46. The molecular formula is C24H39N3O2. The molecule has 0 aromatic heterocycles. The van der Waals surface area contributed by atoms with Gasteiger partial charge in [0.2, 0.25) is 0 Å². The predicted molar refractivity (Wildman–Crippen MR) is 118 cm³/mol. The number of benzene rings is 1. The van der Waals surface area contributed by atoms with Crippen LogP contribution in [0.15, 0.2) is 18.2 Å². The van der Waals surface area contributed by atoms with E-state index in [9.17, 15) is 0 Å². The molecule has 5 nitrogen and oxygen atoms in total. The zero-order valence-corrected chi connectivity index (χ0v) is 18.2. The molecule has 0 bridgehead atoms. The molecular weight excluding hydrogens is 362 g/mol. The van der Waals surface area contributed by atoms with Gasteiger partial charge in [0.15, 0.2) is 0 Å². The fourth-order valence-corrected chi connectivity index (χ4v) is 5.19. The first-order chi connectivity index (χ1) is 14.2. The van der Waals surface area contributed by atoms with E-state index in [-0.39, 0.29) is 6.04 Å². The number of nitrogens with two attached hydrogens (primary N) is 1. The molecule has 2 saturated heterocycles. The van der Waals surface area contributed by atoms with Crippen LogP contribution in [0.5, 0.6) is 5.75 Å². The Kier molecular flexibility index (Phi) is 7.46. The Morgan fingerprint density at radius 1 is 1.14 bits per heavy atom. The van der Waals surface area contributed by atoms with Gasteiger partial charge in [-0.25, -0.2) is 0 Å². The van der Waals surface area contributed by atoms with Crippen molar-refractivity contribution in [1.82, 2.24) is 9.80 Å². The lowest BCUT2D eigenvalue weighted by Crippen LogP contribution is -2.50. The number of nitrogens with zero attached hydrogens (tertiary/aromatic N) is 2. The van der Waals surface area contributed by atoms with Crippen LogP contribution >= 0.6 is 0 Å². The number of fused-ring (bicyclic) bond motifs is 1. The molecule has 0 saturated carbocycles. The number of morpholine rings is 1. The van der Waals surface area contributed by atoms with Gasteiger partial charge < -0.3 is 20.1 Å². The predicted octanol–water partition coefficient (Wildman–Crippen LogP) is 2.70. The van der Waals surface area contributed by atoms with Crippen LogP contribution in [0, 0.1) is 5.92 Å². The smallest absolute Gasteiger partial charge is 0.119 e. The van der Waals surface area contributed by atoms with Gasteiger partial charge in [0.05, 0.1) is 19.8 Å². The molecule has 1 aromatic rings. The highest BCUT2D eigenvalue weighted by molar-refractivity contribution is 5.37. The summed E-state index contributed by atoms with van der Waals surface area (Å²) >= 11 is 0. The average Bonchev–Trinajstić information content (AvgIpc) is 3.27. The van der Waals surface area contributed by atoms with E-state index in [0.29, 0.717) is 12.6 Å². The second kappa shape index (κ2) is 10.3. The fourth-order valence-electron chi connectivity index (χ4n) is 5.19. The average molecular weight is 402 g/mol. The van der Waals surface area contributed by atoms with Crippen molar-refractivity contribution < 1.29 is 9.47 Å². The summed E-state index contributed by atoms with van der Waals surface area (Å²) < 4.78 is 11.5. The van der Waals surface area contributed by atoms with E-state index in [4.69, 9.17) is 15.2 Å². The second-order valence-electron chi connectivity index (χ2n) is 9.24. The van der Waals surface area contributed by atoms with Gasteiger partial charge >= 0.3 is 0 Å². The fraction of sp³-hybridized carbons (Fsp3) is 0.750. The van der Waals surface area contributed by atoms with Gasteiger partial charge in [-0.2, -0.15) is 0 Å². The van der Waals surface area contributed by atoms with Crippen LogP contribution in [0.3, 0.4) is 0 Å². The third-order valence-electron chi connectivity index (χ3n) is 7.18. The molecule has 1 aliphatic carbocycles. The van der Waals surface area contributed by atoms with Gasteiger partial charge in [-0.1, -0.05) is 6.07 Å². The van der Waals surface area contributed by atoms with Crippen LogP contribution in [0.1, 0.15) is 43.7 Å². The maximum Gasteiger partial charge on any atom is 0.119 e. The molecule has 0 amide bonds. The molecule has 29 heavy (non-hydrogen) atoms. The van der Waals surface area contributed by atoms with Gasteiger partial charge in [-0.05, 0) is 87.7 Å². The molecule has 2 N–H and O–H groups in total. The highest BCUT2D eigenvalue weighted by Crippen LogP contribution is 2.30. The van der Waals surface area contributed by atoms with Gasteiger partial charge in [-0.3, -0.25) is 4.90 Å². The highest BCUT2D eigenvalue weighted by Gasteiger charge is 2.24. The summed E-state index contributed by atoms with van der Waals surface area (Å²) in [6, 6.07) is 7.25. The van der Waals surface area contributed by atoms with E-state index in [2.05, 4.69) is 34.9 Å². The Morgan fingerprint density at radius 3 is 2.72 bits per heavy atom. The molecule has 2 aliphatic heterocycles. The maximum atomic E-state index is 6.44. The molecule has 4 rings (SSSR count). The lowest BCUT2D eigenvalue weighted by atomic mass is 9.83. The van der Waals surface area contributed by atoms with Crippen molar-refractivity contribution in [3.8, 4) is 5.75 Å². The van der Waals surface area contributed by atoms with Crippen LogP contribution in [-0.4, -0.2) is 74.4 Å². The first-order valence-corrected chi connectivity index (χ1v) is 11.7. The molecule has 1 aromatic carbocycles. The minimum absolute atomic E-state index is 0.136. The Labute approximate surface area is 176 Å². The Hall–Kier alpha value is -1.14. The Morgan fingerprint density at radius 2 is 1.93 bits per heavy atom. The van der Waals surface area contributed by atoms with Crippen LogP contribution in [0.2, 0.25) is 0 Å². The largest absolute Gasteiger partial charge is 0.494 e. The lowest BCUT2D eigenvalue weighted by molar-refractivity contribution is 0.0137. The summed E-state index contributed by atoms with van der Waals surface area (Å²) in [6.07, 6.45) is 7.40. The zero-order valence-electron chi connectivity index (χ0n) is 18.2. The van der Waals surface area contributed by atoms with E-state index < -0.39 is 0 Å². The van der Waals surface area contributed by atoms with Crippen molar-refractivity contribution in [2.75, 3.05) is 52.5 Å². The van der Waals surface area contributed by atoms with Crippen LogP contribution < -0.4 is 10.5 Å². The van der Waals surface area contributed by atoms with Crippen LogP contribution in [-0.2, 0) is 17.6 Å². The molecule has 3 atom stereocenters. The van der Waals surface area contributed by atoms with E-state index in [0.717, 1.165) is 44.4 Å². The normalized spacial score (nSPS) is 25.5. The topological polar surface area (TPSA) is 51.0 Å². The Balaban J connectivity index is 1.22. The first-order valence-electron chi connectivity index (χ1n) is 11.7. The van der Waals surface area contributed by atoms with Gasteiger partial charge in [-0.15, -0.1) is 0 Å². The standard InChI is InChI=1S/C24H39N3O2/c1-19(27-11-14-28-15-12-27)24(25)8-13-29-23-7-6-21-16-20(4-5-22(21)17-23)18-26-9-2-3-10-26/h6-7,17,19-20,24H,2-5,8-16,18,25H2,1H3. The second-order valence-corrected chi connectivity index (χ2v) is 9.24. The van der Waals surface area contributed by atoms with Crippen LogP contribution in [0.25, 0.3) is 0 Å². The van der Waals surface area contributed by atoms with E-state index in [1.54, 1.807) is 0 Å². The summed E-state index contributed by atoms with van der Waals surface area (Å²) in [5.74, 6) is 1.83. The number of ether oxygens (including phenoxy) is 2. The van der Waals surface area contributed by atoms with Gasteiger partial charge in [0.25, 0.3) is 0 Å². The molecule has 2 heterocycles. The van der Waals surface area contributed by atoms with E-state index in [1.807, 2.05) is 0 Å². The molecule has 3 aliphatic rings. The summed E-state index contributed by atoms with van der Waals surface area (Å²) in [6.45, 7) is 10.4. The first kappa shape index (κ1) is 21.1. The van der Waals surface area contributed by atoms with Crippen molar-refractivity contribution in [2.24, 2.45) is 11.7 Å². The Bertz CT molecular complexity index is 641. The van der Waals surface area contributed by atoms with Crippen molar-refractivity contribution in [3.05, 3.63) is 29.3 Å². The third kappa shape index (κ3) is 5.72. The summed E-state index contributed by atoms with van der Waals surface area (Å²) in [4.78, 5) is 5.10. The van der Waals surface area contributed by atoms with E-state index >= 15 is 0 Å². The number of hydrogen-bond acceptors (Lipinski definition) is 5. The van der Waals surface area contributed by atoms with E-state index in [1.165, 1.54) is 62.9 Å². The van der Waals surface area contributed by atoms with Crippen LogP contribution in [0.4, 0.5) is 0 Å². The SMILES string of the molecule is CC(C(N)CCOc1ccc2c(c1)CCC(CN1CCCC1)C2)N1CCOCC1. The quantitative estimate of drug-likeness (QED) is 0.726. The van der Waals surface area contributed by atoms with Crippen molar-refractivity contribution >= 4 is 0 Å². The molecule has 3 unspecified atom stereocenters. The molecule has 5 heteroatoms. The minimum Gasteiger partial charge on any atom is -0.494 e. The van der Waals surface area contributed by atoms with Crippen molar-refractivity contribution in [2.45, 2.75) is 57.5 Å². The zero-order chi connectivity index (χ0) is 20.1. The van der Waals surface area contributed by atoms with Crippen molar-refractivity contribution in [1.29, 1.82) is 0 Å². The lowest BCUT2D eigenvalue weighted by Gasteiger charge is -2.35. The summed E-state index contributed by atoms with van der Waals surface area (Å²) in [7, 11) is 0. The van der Waals surface area contributed by atoms with Crippen molar-refractivity contribution in [3.63, 3.8) is 0 Å².